The predicted molar refractivity (Wildman–Crippen MR) is 61.2 cm³/mol. The van der Waals surface area contributed by atoms with Crippen LogP contribution in [0.5, 0.6) is 0 Å². The minimum absolute atomic E-state index is 0.0980. The van der Waals surface area contributed by atoms with E-state index in [4.69, 9.17) is 9.84 Å². The van der Waals surface area contributed by atoms with E-state index >= 15 is 0 Å². The third-order valence-electron chi connectivity index (χ3n) is 2.62. The van der Waals surface area contributed by atoms with E-state index < -0.39 is 0 Å². The van der Waals surface area contributed by atoms with E-state index in [1.54, 1.807) is 6.92 Å². The first-order chi connectivity index (χ1) is 7.68. The lowest BCUT2D eigenvalue weighted by molar-refractivity contribution is -0.128. The molecule has 16 heavy (non-hydrogen) atoms. The molecule has 0 spiro atoms. The lowest BCUT2D eigenvalue weighted by atomic mass is 10.1. The monoisotopic (exact) mass is 230 g/mol. The Morgan fingerprint density at radius 3 is 2.88 bits per heavy atom. The van der Waals surface area contributed by atoms with Crippen molar-refractivity contribution in [3.05, 3.63) is 0 Å². The number of carbonyl (C=O) groups excluding carboxylic acids is 1. The Morgan fingerprint density at radius 1 is 1.56 bits per heavy atom. The van der Waals surface area contributed by atoms with Crippen molar-refractivity contribution in [1.82, 2.24) is 10.6 Å². The molecule has 1 amide bonds. The van der Waals surface area contributed by atoms with Crippen molar-refractivity contribution in [2.24, 2.45) is 0 Å². The van der Waals surface area contributed by atoms with Gasteiger partial charge in [0.05, 0.1) is 12.2 Å². The van der Waals surface area contributed by atoms with E-state index in [2.05, 4.69) is 10.6 Å². The molecule has 1 unspecified atom stereocenters. The number of aliphatic hydroxyl groups is 1. The molecule has 3 N–H and O–H groups in total. The summed E-state index contributed by atoms with van der Waals surface area (Å²) in [7, 11) is 0. The van der Waals surface area contributed by atoms with Gasteiger partial charge >= 0.3 is 0 Å². The number of carbonyl (C=O) groups is 1. The van der Waals surface area contributed by atoms with Gasteiger partial charge in [-0.05, 0) is 39.3 Å². The van der Waals surface area contributed by atoms with E-state index in [1.165, 1.54) is 0 Å². The van der Waals surface area contributed by atoms with Crippen LogP contribution in [0.3, 0.4) is 0 Å². The second kappa shape index (κ2) is 7.60. The molecular formula is C11H22N2O3. The second-order valence-corrected chi connectivity index (χ2v) is 4.25. The summed E-state index contributed by atoms with van der Waals surface area (Å²) in [6.45, 7) is 4.27. The fraction of sp³-hybridized carbons (Fsp3) is 0.909. The molecule has 5 heteroatoms. The average molecular weight is 230 g/mol. The first kappa shape index (κ1) is 13.4. The minimum Gasteiger partial charge on any atom is -0.393 e. The number of hydrogen-bond acceptors (Lipinski definition) is 4. The molecule has 1 aliphatic rings. The Kier molecular flexibility index (Phi) is 6.37. The van der Waals surface area contributed by atoms with Gasteiger partial charge < -0.3 is 20.5 Å². The highest BCUT2D eigenvalue weighted by atomic mass is 16.5. The highest BCUT2D eigenvalue weighted by Gasteiger charge is 2.14. The average Bonchev–Trinajstić information content (AvgIpc) is 2.27. The molecule has 1 fully saturated rings. The van der Waals surface area contributed by atoms with Crippen LogP contribution in [0.15, 0.2) is 0 Å². The van der Waals surface area contributed by atoms with Crippen LogP contribution in [0.1, 0.15) is 26.2 Å². The summed E-state index contributed by atoms with van der Waals surface area (Å²) >= 11 is 0. The van der Waals surface area contributed by atoms with Gasteiger partial charge in [0.2, 0.25) is 5.91 Å². The van der Waals surface area contributed by atoms with Crippen LogP contribution < -0.4 is 10.6 Å². The molecule has 1 saturated heterocycles. The number of hydrogen-bond donors (Lipinski definition) is 3. The zero-order valence-electron chi connectivity index (χ0n) is 9.87. The number of ether oxygens (including phenoxy) is 1. The normalized spacial score (nSPS) is 19.4. The minimum atomic E-state index is -0.370. The molecule has 5 nitrogen and oxygen atoms in total. The van der Waals surface area contributed by atoms with Gasteiger partial charge in [-0.15, -0.1) is 0 Å². The summed E-state index contributed by atoms with van der Waals surface area (Å²) in [5.41, 5.74) is 0. The van der Waals surface area contributed by atoms with E-state index in [1.807, 2.05) is 0 Å². The van der Waals surface area contributed by atoms with Crippen LogP contribution in [0.2, 0.25) is 0 Å². The fourth-order valence-electron chi connectivity index (χ4n) is 1.63. The smallest absolute Gasteiger partial charge is 0.246 e. The molecule has 0 aromatic heterocycles. The summed E-state index contributed by atoms with van der Waals surface area (Å²) in [5, 5.41) is 15.0. The fourth-order valence-corrected chi connectivity index (χ4v) is 1.63. The molecule has 94 valence electrons. The second-order valence-electron chi connectivity index (χ2n) is 4.25. The third kappa shape index (κ3) is 6.05. The largest absolute Gasteiger partial charge is 0.393 e. The molecule has 0 aliphatic carbocycles. The maximum absolute atomic E-state index is 11.3. The third-order valence-corrected chi connectivity index (χ3v) is 2.62. The lowest BCUT2D eigenvalue weighted by Crippen LogP contribution is -2.36. The van der Waals surface area contributed by atoms with Gasteiger partial charge in [-0.2, -0.15) is 0 Å². The summed E-state index contributed by atoms with van der Waals surface area (Å²) in [6, 6.07) is 0. The lowest BCUT2D eigenvalue weighted by Gasteiger charge is -2.22. The van der Waals surface area contributed by atoms with Crippen molar-refractivity contribution in [2.45, 2.75) is 38.4 Å². The Balaban J connectivity index is 2.00. The molecule has 0 aromatic carbocycles. The molecule has 0 radical (unpaired) electrons. The molecule has 1 aliphatic heterocycles. The van der Waals surface area contributed by atoms with E-state index in [0.29, 0.717) is 13.0 Å². The Morgan fingerprint density at radius 2 is 2.25 bits per heavy atom. The van der Waals surface area contributed by atoms with E-state index in [0.717, 1.165) is 25.9 Å². The maximum Gasteiger partial charge on any atom is 0.246 e. The van der Waals surface area contributed by atoms with E-state index in [-0.39, 0.29) is 24.7 Å². The molecule has 0 bridgehead atoms. The summed E-state index contributed by atoms with van der Waals surface area (Å²) in [5.74, 6) is -0.0980. The van der Waals surface area contributed by atoms with Crippen molar-refractivity contribution in [3.63, 3.8) is 0 Å². The molecular weight excluding hydrogens is 208 g/mol. The molecule has 1 atom stereocenters. The number of amides is 1. The van der Waals surface area contributed by atoms with Gasteiger partial charge in [-0.1, -0.05) is 0 Å². The summed E-state index contributed by atoms with van der Waals surface area (Å²) in [4.78, 5) is 11.3. The van der Waals surface area contributed by atoms with Gasteiger partial charge in [-0.25, -0.2) is 0 Å². The van der Waals surface area contributed by atoms with Crippen LogP contribution >= 0.6 is 0 Å². The molecule has 0 saturated carbocycles. The van der Waals surface area contributed by atoms with Crippen LogP contribution in [0, 0.1) is 0 Å². The summed E-state index contributed by atoms with van der Waals surface area (Å²) < 4.78 is 5.49. The quantitative estimate of drug-likeness (QED) is 0.583. The molecule has 1 heterocycles. The van der Waals surface area contributed by atoms with Crippen LogP contribution in [-0.4, -0.2) is 49.5 Å². The standard InChI is InChI=1S/C11H22N2O3/c1-9(14)2-7-13-11(15)8-16-10-3-5-12-6-4-10/h9-10,12,14H,2-8H2,1H3,(H,13,15). The Bertz CT molecular complexity index is 203. The van der Waals surface area contributed by atoms with E-state index in [9.17, 15) is 4.79 Å². The highest BCUT2D eigenvalue weighted by Crippen LogP contribution is 2.06. The maximum atomic E-state index is 11.3. The first-order valence-electron chi connectivity index (χ1n) is 5.95. The van der Waals surface area contributed by atoms with Crippen molar-refractivity contribution < 1.29 is 14.6 Å². The molecule has 0 aromatic rings. The van der Waals surface area contributed by atoms with Crippen molar-refractivity contribution in [3.8, 4) is 0 Å². The zero-order chi connectivity index (χ0) is 11.8. The van der Waals surface area contributed by atoms with Crippen LogP contribution in [-0.2, 0) is 9.53 Å². The molecule has 1 rings (SSSR count). The van der Waals surface area contributed by atoms with Gasteiger partial charge in [0.15, 0.2) is 0 Å². The van der Waals surface area contributed by atoms with Gasteiger partial charge in [0, 0.05) is 6.54 Å². The Labute approximate surface area is 96.6 Å². The first-order valence-corrected chi connectivity index (χ1v) is 5.95. The number of nitrogens with one attached hydrogen (secondary N) is 2. The van der Waals surface area contributed by atoms with Gasteiger partial charge in [0.25, 0.3) is 0 Å². The Hall–Kier alpha value is -0.650. The highest BCUT2D eigenvalue weighted by molar-refractivity contribution is 5.77. The number of aliphatic hydroxyl groups excluding tert-OH is 1. The number of rotatable bonds is 6. The van der Waals surface area contributed by atoms with Crippen LogP contribution in [0.25, 0.3) is 0 Å². The topological polar surface area (TPSA) is 70.6 Å². The van der Waals surface area contributed by atoms with Crippen molar-refractivity contribution >= 4 is 5.91 Å². The predicted octanol–water partition coefficient (Wildman–Crippen LogP) is -0.358. The van der Waals surface area contributed by atoms with Crippen LogP contribution in [0.4, 0.5) is 0 Å². The van der Waals surface area contributed by atoms with Gasteiger partial charge in [0.1, 0.15) is 6.61 Å². The SMILES string of the molecule is CC(O)CCNC(=O)COC1CCNCC1. The summed E-state index contributed by atoms with van der Waals surface area (Å²) in [6.07, 6.45) is 2.37. The van der Waals surface area contributed by atoms with Crippen molar-refractivity contribution in [2.75, 3.05) is 26.2 Å². The number of piperidine rings is 1. The zero-order valence-corrected chi connectivity index (χ0v) is 9.87. The van der Waals surface area contributed by atoms with Gasteiger partial charge in [-0.3, -0.25) is 4.79 Å². The van der Waals surface area contributed by atoms with Crippen molar-refractivity contribution in [1.29, 1.82) is 0 Å².